The highest BCUT2D eigenvalue weighted by atomic mass is 19.3. The number of nitrogens with zero attached hydrogens (tertiary/aromatic N) is 4. The first kappa shape index (κ1) is 23.1. The second kappa shape index (κ2) is 8.23. The van der Waals surface area contributed by atoms with Gasteiger partial charge in [0.25, 0.3) is 5.91 Å². The van der Waals surface area contributed by atoms with Crippen molar-refractivity contribution >= 4 is 17.2 Å². The molecule has 35 heavy (non-hydrogen) atoms. The first-order valence-electron chi connectivity index (χ1n) is 11.3. The lowest BCUT2D eigenvalue weighted by Gasteiger charge is -2.31. The van der Waals surface area contributed by atoms with Gasteiger partial charge in [-0.15, -0.1) is 0 Å². The molecule has 5 rings (SSSR count). The van der Waals surface area contributed by atoms with Crippen molar-refractivity contribution in [2.24, 2.45) is 0 Å². The molecule has 0 atom stereocenters. The molecule has 1 aliphatic rings. The molecule has 3 heterocycles. The second-order valence-corrected chi connectivity index (χ2v) is 9.80. The third-order valence-electron chi connectivity index (χ3n) is 6.06. The van der Waals surface area contributed by atoms with Gasteiger partial charge >= 0.3 is 0 Å². The fraction of sp³-hybridized carbons (Fsp3) is 0.360. The Balaban J connectivity index is 1.38. The highest BCUT2D eigenvalue weighted by molar-refractivity contribution is 6.04. The Morgan fingerprint density at radius 2 is 2.06 bits per heavy atom. The number of carbonyl (C=O) groups is 1. The number of aliphatic hydroxyl groups is 1. The largest absolute Gasteiger partial charge is 0.390 e. The highest BCUT2D eigenvalue weighted by Gasteiger charge is 2.48. The van der Waals surface area contributed by atoms with Crippen molar-refractivity contribution in [2.75, 3.05) is 5.32 Å². The molecule has 0 aliphatic heterocycles. The van der Waals surface area contributed by atoms with Gasteiger partial charge in [0.05, 0.1) is 11.8 Å². The van der Waals surface area contributed by atoms with E-state index in [4.69, 9.17) is 4.52 Å². The predicted octanol–water partition coefficient (Wildman–Crippen LogP) is 4.77. The average Bonchev–Trinajstić information content (AvgIpc) is 3.39. The molecule has 1 aromatic carbocycles. The van der Waals surface area contributed by atoms with Gasteiger partial charge in [-0.05, 0) is 44.0 Å². The van der Waals surface area contributed by atoms with E-state index in [2.05, 4.69) is 20.4 Å². The number of amides is 1. The van der Waals surface area contributed by atoms with E-state index in [1.165, 1.54) is 6.20 Å². The number of halogens is 2. The van der Waals surface area contributed by atoms with Crippen LogP contribution < -0.4 is 5.32 Å². The van der Waals surface area contributed by atoms with Crippen LogP contribution in [0, 0.1) is 6.92 Å². The molecule has 1 fully saturated rings. The Labute approximate surface area is 200 Å². The molecule has 1 aliphatic carbocycles. The molecule has 0 unspecified atom stereocenters. The van der Waals surface area contributed by atoms with Crippen LogP contribution in [0.25, 0.3) is 17.0 Å². The van der Waals surface area contributed by atoms with Crippen LogP contribution in [0.5, 0.6) is 0 Å². The minimum Gasteiger partial charge on any atom is -0.390 e. The van der Waals surface area contributed by atoms with Gasteiger partial charge in [-0.2, -0.15) is 4.98 Å². The average molecular weight is 482 g/mol. The van der Waals surface area contributed by atoms with Crippen molar-refractivity contribution in [1.82, 2.24) is 19.5 Å². The Bertz CT molecular complexity index is 1410. The van der Waals surface area contributed by atoms with Crippen molar-refractivity contribution in [1.29, 1.82) is 0 Å². The maximum Gasteiger partial charge on any atom is 0.274 e. The molecule has 1 amide bonds. The monoisotopic (exact) mass is 481 g/mol. The molecule has 0 bridgehead atoms. The van der Waals surface area contributed by atoms with Gasteiger partial charge in [0, 0.05) is 42.6 Å². The number of alkyl halides is 2. The first-order chi connectivity index (χ1) is 16.5. The van der Waals surface area contributed by atoms with Gasteiger partial charge in [-0.3, -0.25) is 9.20 Å². The maximum absolute atomic E-state index is 13.2. The van der Waals surface area contributed by atoms with E-state index >= 15 is 0 Å². The number of aryl methyl sites for hydroxylation is 1. The summed E-state index contributed by atoms with van der Waals surface area (Å²) in [6.07, 6.45) is 3.14. The first-order valence-corrected chi connectivity index (χ1v) is 11.3. The number of carbonyl (C=O) groups excluding carboxylic acids is 1. The van der Waals surface area contributed by atoms with Crippen LogP contribution in [0.1, 0.15) is 60.1 Å². The number of fused-ring (bicyclic) bond motifs is 1. The summed E-state index contributed by atoms with van der Waals surface area (Å²) in [7, 11) is 0. The van der Waals surface area contributed by atoms with Crippen LogP contribution >= 0.6 is 0 Å². The molecular formula is C25H25F2N5O3. The molecule has 2 N–H and O–H groups in total. The molecule has 182 valence electrons. The Kier molecular flexibility index (Phi) is 5.43. The van der Waals surface area contributed by atoms with Crippen LogP contribution in [0.15, 0.2) is 47.2 Å². The van der Waals surface area contributed by atoms with Crippen molar-refractivity contribution in [3.8, 4) is 11.4 Å². The molecule has 0 spiro atoms. The lowest BCUT2D eigenvalue weighted by atomic mass is 9.81. The fourth-order valence-electron chi connectivity index (χ4n) is 4.23. The standard InChI is InChI=1S/C25H25F2N5O3/c1-14-4-6-16(21-30-23(35-31-21)17-10-25(26,27)11-17)8-18(14)29-22(33)19-12-28-20-7-5-15(13-32(19)20)9-24(2,3)34/h4-8,12-13,17,34H,9-11H2,1-3H3,(H,29,33). The Morgan fingerprint density at radius 3 is 2.77 bits per heavy atom. The highest BCUT2D eigenvalue weighted by Crippen LogP contribution is 2.48. The molecule has 0 radical (unpaired) electrons. The number of rotatable bonds is 6. The molecule has 0 saturated heterocycles. The summed E-state index contributed by atoms with van der Waals surface area (Å²) in [6, 6.07) is 9.00. The van der Waals surface area contributed by atoms with E-state index in [0.29, 0.717) is 29.0 Å². The van der Waals surface area contributed by atoms with Crippen LogP contribution in [0.2, 0.25) is 0 Å². The number of hydrogen-bond donors (Lipinski definition) is 2. The molecule has 10 heteroatoms. The zero-order chi connectivity index (χ0) is 25.0. The van der Waals surface area contributed by atoms with Crippen LogP contribution in [0.3, 0.4) is 0 Å². The Hall–Kier alpha value is -3.66. The van der Waals surface area contributed by atoms with Crippen molar-refractivity contribution < 1.29 is 23.2 Å². The molecule has 1 saturated carbocycles. The molecule has 3 aromatic heterocycles. The van der Waals surface area contributed by atoms with Crippen LogP contribution in [0.4, 0.5) is 14.5 Å². The Morgan fingerprint density at radius 1 is 1.29 bits per heavy atom. The molecule has 8 nitrogen and oxygen atoms in total. The smallest absolute Gasteiger partial charge is 0.274 e. The van der Waals surface area contributed by atoms with E-state index in [1.54, 1.807) is 42.6 Å². The quantitative estimate of drug-likeness (QED) is 0.411. The van der Waals surface area contributed by atoms with Crippen molar-refractivity contribution in [3.63, 3.8) is 0 Å². The number of imidazole rings is 1. The predicted molar refractivity (Wildman–Crippen MR) is 125 cm³/mol. The van der Waals surface area contributed by atoms with E-state index in [1.807, 2.05) is 19.1 Å². The minimum absolute atomic E-state index is 0.199. The summed E-state index contributed by atoms with van der Waals surface area (Å²) >= 11 is 0. The van der Waals surface area contributed by atoms with Gasteiger partial charge in [0.2, 0.25) is 17.6 Å². The van der Waals surface area contributed by atoms with Crippen LogP contribution in [-0.4, -0.2) is 42.1 Å². The number of aromatic nitrogens is 4. The molecular weight excluding hydrogens is 456 g/mol. The van der Waals surface area contributed by atoms with E-state index in [-0.39, 0.29) is 30.5 Å². The SMILES string of the molecule is Cc1ccc(-c2noc(C3CC(F)(F)C3)n2)cc1NC(=O)c1cnc2ccc(CC(C)(C)O)cn12. The minimum atomic E-state index is -2.67. The molecule has 4 aromatic rings. The van der Waals surface area contributed by atoms with E-state index < -0.39 is 17.4 Å². The van der Waals surface area contributed by atoms with E-state index in [9.17, 15) is 18.7 Å². The normalized spacial score (nSPS) is 15.8. The van der Waals surface area contributed by atoms with Gasteiger partial charge in [-0.1, -0.05) is 23.4 Å². The van der Waals surface area contributed by atoms with Gasteiger partial charge in [0.15, 0.2) is 0 Å². The summed E-state index contributed by atoms with van der Waals surface area (Å²) in [5.74, 6) is -2.99. The number of hydrogen-bond acceptors (Lipinski definition) is 6. The van der Waals surface area contributed by atoms with Gasteiger partial charge < -0.3 is 14.9 Å². The number of benzene rings is 1. The lowest BCUT2D eigenvalue weighted by molar-refractivity contribution is -0.0925. The number of nitrogens with one attached hydrogen (secondary N) is 1. The third kappa shape index (κ3) is 4.79. The van der Waals surface area contributed by atoms with Crippen LogP contribution in [-0.2, 0) is 6.42 Å². The number of pyridine rings is 1. The fourth-order valence-corrected chi connectivity index (χ4v) is 4.23. The zero-order valence-corrected chi connectivity index (χ0v) is 19.5. The summed E-state index contributed by atoms with van der Waals surface area (Å²) in [5.41, 5.74) is 2.90. The third-order valence-corrected chi connectivity index (χ3v) is 6.06. The summed E-state index contributed by atoms with van der Waals surface area (Å²) < 4.78 is 33.3. The topological polar surface area (TPSA) is 106 Å². The van der Waals surface area contributed by atoms with Gasteiger partial charge in [0.1, 0.15) is 11.3 Å². The second-order valence-electron chi connectivity index (χ2n) is 9.80. The zero-order valence-electron chi connectivity index (χ0n) is 19.5. The van der Waals surface area contributed by atoms with Crippen molar-refractivity contribution in [2.45, 2.75) is 57.5 Å². The van der Waals surface area contributed by atoms with E-state index in [0.717, 1.165) is 11.1 Å². The van der Waals surface area contributed by atoms with Gasteiger partial charge in [-0.25, -0.2) is 13.8 Å². The van der Waals surface area contributed by atoms with Crippen molar-refractivity contribution in [3.05, 3.63) is 65.4 Å². The summed E-state index contributed by atoms with van der Waals surface area (Å²) in [4.78, 5) is 21.7. The lowest BCUT2D eigenvalue weighted by Crippen LogP contribution is -2.33. The summed E-state index contributed by atoms with van der Waals surface area (Å²) in [5, 5.41) is 17.0. The maximum atomic E-state index is 13.2. The number of anilines is 1. The summed E-state index contributed by atoms with van der Waals surface area (Å²) in [6.45, 7) is 5.30.